The van der Waals surface area contributed by atoms with Crippen molar-refractivity contribution in [1.29, 1.82) is 0 Å². The summed E-state index contributed by atoms with van der Waals surface area (Å²) in [7, 11) is 0. The summed E-state index contributed by atoms with van der Waals surface area (Å²) in [6, 6.07) is 10.4. The van der Waals surface area contributed by atoms with Gasteiger partial charge in [0.1, 0.15) is 0 Å². The second kappa shape index (κ2) is 6.25. The van der Waals surface area contributed by atoms with Crippen molar-refractivity contribution in [1.82, 2.24) is 9.55 Å². The maximum Gasteiger partial charge on any atom is 0.177 e. The molecule has 2 nitrogen and oxygen atoms in total. The van der Waals surface area contributed by atoms with E-state index in [9.17, 15) is 0 Å². The highest BCUT2D eigenvalue weighted by molar-refractivity contribution is 7.98. The van der Waals surface area contributed by atoms with Gasteiger partial charge in [-0.15, -0.1) is 0 Å². The number of hydrogen-bond acceptors (Lipinski definition) is 2. The summed E-state index contributed by atoms with van der Waals surface area (Å²) < 4.78 is 3.01. The maximum atomic E-state index is 5.38. The molecular weight excluding hydrogens is 260 g/mol. The van der Waals surface area contributed by atoms with Crippen LogP contribution in [0, 0.1) is 10.7 Å². The average Bonchev–Trinajstić information content (AvgIpc) is 2.73. The molecule has 0 bridgehead atoms. The van der Waals surface area contributed by atoms with Crippen molar-refractivity contribution in [3.63, 3.8) is 0 Å². The zero-order valence-electron chi connectivity index (χ0n) is 10.7. The number of nitrogens with one attached hydrogen (secondary N) is 1. The highest BCUT2D eigenvalue weighted by Gasteiger charge is 2.09. The molecule has 1 aromatic carbocycles. The monoisotopic (exact) mass is 278 g/mol. The molecule has 18 heavy (non-hydrogen) atoms. The SMILES string of the molecule is CSCC(C)Cn1c(-c2ccccc2)c[nH]c1=S. The molecule has 1 aromatic heterocycles. The van der Waals surface area contributed by atoms with Crippen LogP contribution >= 0.6 is 24.0 Å². The summed E-state index contributed by atoms with van der Waals surface area (Å²) in [5, 5.41) is 0. The summed E-state index contributed by atoms with van der Waals surface area (Å²) in [5.41, 5.74) is 2.38. The number of hydrogen-bond donors (Lipinski definition) is 1. The van der Waals surface area contributed by atoms with Crippen LogP contribution in [-0.4, -0.2) is 21.6 Å². The van der Waals surface area contributed by atoms with Crippen LogP contribution in [0.25, 0.3) is 11.3 Å². The third-order valence-corrected chi connectivity index (χ3v) is 4.12. The quantitative estimate of drug-likeness (QED) is 0.827. The Hall–Kier alpha value is -1.00. The smallest absolute Gasteiger partial charge is 0.177 e. The molecule has 1 unspecified atom stereocenters. The zero-order valence-corrected chi connectivity index (χ0v) is 12.4. The van der Waals surface area contributed by atoms with E-state index in [-0.39, 0.29) is 0 Å². The Balaban J connectivity index is 2.31. The molecule has 0 amide bonds. The van der Waals surface area contributed by atoms with Gasteiger partial charge in [0, 0.05) is 12.7 Å². The summed E-state index contributed by atoms with van der Waals surface area (Å²) >= 11 is 7.26. The first kappa shape index (κ1) is 13.4. The molecule has 96 valence electrons. The third kappa shape index (κ3) is 3.06. The number of aromatic amines is 1. The van der Waals surface area contributed by atoms with Gasteiger partial charge in [-0.05, 0) is 35.7 Å². The van der Waals surface area contributed by atoms with E-state index in [1.807, 2.05) is 24.0 Å². The zero-order chi connectivity index (χ0) is 13.0. The number of aromatic nitrogens is 2. The maximum absolute atomic E-state index is 5.38. The van der Waals surface area contributed by atoms with Crippen LogP contribution in [0.3, 0.4) is 0 Å². The van der Waals surface area contributed by atoms with E-state index in [2.05, 4.69) is 47.0 Å². The van der Waals surface area contributed by atoms with Gasteiger partial charge in [0.2, 0.25) is 0 Å². The Kier molecular flexibility index (Phi) is 4.66. The molecule has 0 aliphatic heterocycles. The van der Waals surface area contributed by atoms with Gasteiger partial charge in [0.25, 0.3) is 0 Å². The van der Waals surface area contributed by atoms with Gasteiger partial charge in [-0.3, -0.25) is 0 Å². The van der Waals surface area contributed by atoms with Crippen molar-refractivity contribution >= 4 is 24.0 Å². The van der Waals surface area contributed by atoms with Gasteiger partial charge in [0.05, 0.1) is 5.69 Å². The predicted octanol–water partition coefficient (Wildman–Crippen LogP) is 4.21. The van der Waals surface area contributed by atoms with Gasteiger partial charge >= 0.3 is 0 Å². The molecule has 0 saturated carbocycles. The first-order valence-electron chi connectivity index (χ1n) is 6.05. The molecule has 0 radical (unpaired) electrons. The number of nitrogens with zero attached hydrogens (tertiary/aromatic N) is 1. The van der Waals surface area contributed by atoms with Crippen molar-refractivity contribution in [2.24, 2.45) is 5.92 Å². The van der Waals surface area contributed by atoms with Crippen molar-refractivity contribution < 1.29 is 0 Å². The average molecular weight is 278 g/mol. The van der Waals surface area contributed by atoms with Gasteiger partial charge < -0.3 is 9.55 Å². The largest absolute Gasteiger partial charge is 0.337 e. The number of rotatable bonds is 5. The standard InChI is InChI=1S/C14H18N2S2/c1-11(10-18-2)9-16-13(8-15-14(16)17)12-6-4-3-5-7-12/h3-8,11H,9-10H2,1-2H3,(H,15,17). The Bertz CT molecular complexity index is 542. The third-order valence-electron chi connectivity index (χ3n) is 2.88. The van der Waals surface area contributed by atoms with E-state index in [0.717, 1.165) is 17.1 Å². The van der Waals surface area contributed by atoms with Crippen LogP contribution in [0.2, 0.25) is 0 Å². The molecule has 0 spiro atoms. The predicted molar refractivity (Wildman–Crippen MR) is 82.6 cm³/mol. The van der Waals surface area contributed by atoms with Crippen molar-refractivity contribution in [2.45, 2.75) is 13.5 Å². The van der Waals surface area contributed by atoms with Gasteiger partial charge in [-0.2, -0.15) is 11.8 Å². The lowest BCUT2D eigenvalue weighted by atomic mass is 10.1. The topological polar surface area (TPSA) is 20.7 Å². The van der Waals surface area contributed by atoms with Crippen LogP contribution in [-0.2, 0) is 6.54 Å². The minimum atomic E-state index is 0.616. The molecular formula is C14H18N2S2. The number of benzene rings is 1. The van der Waals surface area contributed by atoms with E-state index in [4.69, 9.17) is 12.2 Å². The molecule has 1 atom stereocenters. The molecule has 2 rings (SSSR count). The fraction of sp³-hybridized carbons (Fsp3) is 0.357. The van der Waals surface area contributed by atoms with Crippen LogP contribution in [0.15, 0.2) is 36.5 Å². The summed E-state index contributed by atoms with van der Waals surface area (Å²) in [6.45, 7) is 3.23. The lowest BCUT2D eigenvalue weighted by molar-refractivity contribution is 0.530. The Morgan fingerprint density at radius 1 is 1.33 bits per heavy atom. The highest BCUT2D eigenvalue weighted by atomic mass is 32.2. The van der Waals surface area contributed by atoms with E-state index in [1.165, 1.54) is 11.3 Å². The van der Waals surface area contributed by atoms with Crippen molar-refractivity contribution in [2.75, 3.05) is 12.0 Å². The van der Waals surface area contributed by atoms with E-state index in [0.29, 0.717) is 5.92 Å². The molecule has 0 saturated heterocycles. The van der Waals surface area contributed by atoms with Crippen LogP contribution in [0.1, 0.15) is 6.92 Å². The lowest BCUT2D eigenvalue weighted by Crippen LogP contribution is -2.10. The van der Waals surface area contributed by atoms with Gasteiger partial charge in [-0.1, -0.05) is 37.3 Å². The van der Waals surface area contributed by atoms with Crippen LogP contribution in [0.5, 0.6) is 0 Å². The van der Waals surface area contributed by atoms with E-state index < -0.39 is 0 Å². The second-order valence-electron chi connectivity index (χ2n) is 4.52. The normalized spacial score (nSPS) is 12.6. The molecule has 1 heterocycles. The molecule has 1 N–H and O–H groups in total. The van der Waals surface area contributed by atoms with E-state index >= 15 is 0 Å². The Labute approximate surface area is 117 Å². The first-order chi connectivity index (χ1) is 8.72. The molecule has 4 heteroatoms. The number of thioether (sulfide) groups is 1. The van der Waals surface area contributed by atoms with Gasteiger partial charge in [-0.25, -0.2) is 0 Å². The molecule has 0 aliphatic carbocycles. The second-order valence-corrected chi connectivity index (χ2v) is 5.81. The number of imidazole rings is 1. The van der Waals surface area contributed by atoms with Crippen molar-refractivity contribution in [3.05, 3.63) is 41.3 Å². The minimum absolute atomic E-state index is 0.616. The lowest BCUT2D eigenvalue weighted by Gasteiger charge is -2.13. The molecule has 0 fully saturated rings. The fourth-order valence-corrected chi connectivity index (χ4v) is 2.98. The summed E-state index contributed by atoms with van der Waals surface area (Å²) in [4.78, 5) is 3.15. The van der Waals surface area contributed by atoms with Crippen LogP contribution < -0.4 is 0 Å². The van der Waals surface area contributed by atoms with Gasteiger partial charge in [0.15, 0.2) is 4.77 Å². The molecule has 0 aliphatic rings. The summed E-state index contributed by atoms with van der Waals surface area (Å²) in [5.74, 6) is 1.77. The summed E-state index contributed by atoms with van der Waals surface area (Å²) in [6.07, 6.45) is 4.15. The van der Waals surface area contributed by atoms with E-state index in [1.54, 1.807) is 0 Å². The Morgan fingerprint density at radius 2 is 2.06 bits per heavy atom. The first-order valence-corrected chi connectivity index (χ1v) is 7.85. The van der Waals surface area contributed by atoms with Crippen molar-refractivity contribution in [3.8, 4) is 11.3 Å². The minimum Gasteiger partial charge on any atom is -0.337 e. The highest BCUT2D eigenvalue weighted by Crippen LogP contribution is 2.21. The Morgan fingerprint density at radius 3 is 2.72 bits per heavy atom. The fourth-order valence-electron chi connectivity index (χ4n) is 2.07. The van der Waals surface area contributed by atoms with Crippen LogP contribution in [0.4, 0.5) is 0 Å². The number of H-pyrrole nitrogens is 1. The molecule has 2 aromatic rings.